The van der Waals surface area contributed by atoms with Crippen molar-refractivity contribution < 1.29 is 19.0 Å². The standard InChI is InChI=1S/C26H24ClFN8O3S/c1-2-39-14-8-15(23-16-9-31-33-24(16)34-36(23)12-14)19-10-30-21(11-29-19)35-7-6-26(40,20(37)13-35)32-25(38)22-17(27)4-3-5-18(22)28/h3-5,8-12,20,37,40H,2,6-7,13H2,1H3,(H,32,38)(H,33,34)/t20-,26-/m0/s1. The zero-order valence-electron chi connectivity index (χ0n) is 21.2. The minimum atomic E-state index is -1.30. The Morgan fingerprint density at radius 3 is 2.92 bits per heavy atom. The summed E-state index contributed by atoms with van der Waals surface area (Å²) in [5, 5.41) is 25.9. The third kappa shape index (κ3) is 4.59. The number of carbonyl (C=O) groups is 1. The SMILES string of the molecule is CCOc1cc(-c2cnc(N3CC[C@@](S)(NC(=O)c4c(F)cccc4Cl)[C@@H](O)C3)cn2)c2c3cn[nH]c3nn2c1. The Labute approximate surface area is 237 Å². The van der Waals surface area contributed by atoms with Gasteiger partial charge in [0.2, 0.25) is 0 Å². The predicted octanol–water partition coefficient (Wildman–Crippen LogP) is 3.49. The van der Waals surface area contributed by atoms with Crippen molar-refractivity contribution >= 4 is 52.5 Å². The number of H-pyrrole nitrogens is 1. The number of ether oxygens (including phenoxy) is 1. The van der Waals surface area contributed by atoms with Crippen molar-refractivity contribution in [3.05, 3.63) is 65.5 Å². The third-order valence-electron chi connectivity index (χ3n) is 6.88. The number of nitrogens with one attached hydrogen (secondary N) is 2. The summed E-state index contributed by atoms with van der Waals surface area (Å²) in [6.07, 6.45) is 5.94. The van der Waals surface area contributed by atoms with E-state index < -0.39 is 22.7 Å². The van der Waals surface area contributed by atoms with Crippen LogP contribution < -0.4 is 15.0 Å². The maximum atomic E-state index is 14.2. The van der Waals surface area contributed by atoms with E-state index in [2.05, 4.69) is 43.2 Å². The lowest BCUT2D eigenvalue weighted by Gasteiger charge is -2.43. The molecule has 0 saturated carbocycles. The highest BCUT2D eigenvalue weighted by Gasteiger charge is 2.42. The number of rotatable bonds is 6. The number of aromatic nitrogens is 6. The Bertz CT molecular complexity index is 1710. The van der Waals surface area contributed by atoms with Crippen LogP contribution in [0, 0.1) is 5.82 Å². The van der Waals surface area contributed by atoms with Gasteiger partial charge in [-0.3, -0.25) is 14.9 Å². The lowest BCUT2D eigenvalue weighted by molar-refractivity contribution is 0.0726. The van der Waals surface area contributed by atoms with Crippen LogP contribution in [0.3, 0.4) is 0 Å². The zero-order chi connectivity index (χ0) is 28.0. The number of aromatic amines is 1. The number of thiol groups is 1. The molecule has 2 atom stereocenters. The van der Waals surface area contributed by atoms with Gasteiger partial charge in [0, 0.05) is 18.7 Å². The fraction of sp³-hybridized carbons (Fsp3) is 0.269. The molecule has 5 aromatic rings. The number of halogens is 2. The van der Waals surface area contributed by atoms with Crippen molar-refractivity contribution in [3.8, 4) is 17.0 Å². The van der Waals surface area contributed by atoms with E-state index in [0.29, 0.717) is 36.1 Å². The number of amides is 1. The van der Waals surface area contributed by atoms with E-state index in [1.807, 2.05) is 17.9 Å². The van der Waals surface area contributed by atoms with Gasteiger partial charge >= 0.3 is 0 Å². The van der Waals surface area contributed by atoms with E-state index in [1.165, 1.54) is 12.1 Å². The second-order valence-electron chi connectivity index (χ2n) is 9.39. The minimum absolute atomic E-state index is 0.0229. The zero-order valence-corrected chi connectivity index (χ0v) is 22.8. The van der Waals surface area contributed by atoms with Gasteiger partial charge in [-0.1, -0.05) is 17.7 Å². The van der Waals surface area contributed by atoms with Gasteiger partial charge in [-0.15, -0.1) is 17.7 Å². The molecule has 1 aromatic carbocycles. The second-order valence-corrected chi connectivity index (χ2v) is 10.6. The van der Waals surface area contributed by atoms with Crippen LogP contribution in [0.5, 0.6) is 5.75 Å². The molecule has 1 aliphatic rings. The Balaban J connectivity index is 1.22. The number of fused-ring (bicyclic) bond motifs is 3. The molecule has 6 rings (SSSR count). The maximum absolute atomic E-state index is 14.2. The smallest absolute Gasteiger partial charge is 0.256 e. The van der Waals surface area contributed by atoms with Gasteiger partial charge in [0.25, 0.3) is 5.91 Å². The number of aliphatic hydroxyl groups excluding tert-OH is 1. The van der Waals surface area contributed by atoms with Crippen LogP contribution in [0.1, 0.15) is 23.7 Å². The quantitative estimate of drug-likeness (QED) is 0.177. The monoisotopic (exact) mass is 582 g/mol. The van der Waals surface area contributed by atoms with E-state index in [4.69, 9.17) is 16.3 Å². The molecule has 206 valence electrons. The van der Waals surface area contributed by atoms with Crippen molar-refractivity contribution in [2.75, 3.05) is 24.6 Å². The number of anilines is 1. The molecule has 0 unspecified atom stereocenters. The second kappa shape index (κ2) is 10.2. The number of aliphatic hydroxyl groups is 1. The molecule has 5 heterocycles. The van der Waals surface area contributed by atoms with Crippen LogP contribution in [0.4, 0.5) is 10.2 Å². The average molecular weight is 583 g/mol. The summed E-state index contributed by atoms with van der Waals surface area (Å²) in [5.74, 6) is -0.322. The number of benzene rings is 1. The summed E-state index contributed by atoms with van der Waals surface area (Å²) in [6.45, 7) is 2.92. The summed E-state index contributed by atoms with van der Waals surface area (Å²) in [6, 6.07) is 5.88. The molecule has 3 N–H and O–H groups in total. The summed E-state index contributed by atoms with van der Waals surface area (Å²) >= 11 is 10.6. The first kappa shape index (κ1) is 26.3. The first-order valence-electron chi connectivity index (χ1n) is 12.5. The molecule has 1 aliphatic heterocycles. The summed E-state index contributed by atoms with van der Waals surface area (Å²) in [5.41, 5.74) is 2.54. The molecule has 0 aliphatic carbocycles. The Morgan fingerprint density at radius 2 is 2.20 bits per heavy atom. The van der Waals surface area contributed by atoms with E-state index in [0.717, 1.165) is 22.5 Å². The average Bonchev–Trinajstić information content (AvgIpc) is 3.51. The molecule has 0 radical (unpaired) electrons. The van der Waals surface area contributed by atoms with Gasteiger partial charge in [-0.25, -0.2) is 13.9 Å². The van der Waals surface area contributed by atoms with Crippen molar-refractivity contribution in [1.82, 2.24) is 35.1 Å². The van der Waals surface area contributed by atoms with Crippen LogP contribution in [0.15, 0.2) is 49.1 Å². The van der Waals surface area contributed by atoms with Crippen molar-refractivity contribution in [2.45, 2.75) is 24.3 Å². The van der Waals surface area contributed by atoms with Crippen LogP contribution in [-0.2, 0) is 0 Å². The first-order chi connectivity index (χ1) is 19.3. The highest BCUT2D eigenvalue weighted by Crippen LogP contribution is 2.34. The molecule has 14 heteroatoms. The van der Waals surface area contributed by atoms with Gasteiger partial charge in [0.05, 0.1) is 58.6 Å². The maximum Gasteiger partial charge on any atom is 0.256 e. The van der Waals surface area contributed by atoms with Gasteiger partial charge in [-0.2, -0.15) is 5.10 Å². The predicted molar refractivity (Wildman–Crippen MR) is 150 cm³/mol. The molecular formula is C26H24ClFN8O3S. The molecule has 1 amide bonds. The Hall–Kier alpha value is -3.94. The molecule has 0 spiro atoms. The molecule has 1 saturated heterocycles. The Morgan fingerprint density at radius 1 is 1.35 bits per heavy atom. The molecule has 0 bridgehead atoms. The van der Waals surface area contributed by atoms with Crippen molar-refractivity contribution in [1.29, 1.82) is 0 Å². The van der Waals surface area contributed by atoms with E-state index in [-0.39, 0.29) is 23.6 Å². The summed E-state index contributed by atoms with van der Waals surface area (Å²) < 4.78 is 21.7. The topological polar surface area (TPSA) is 134 Å². The highest BCUT2D eigenvalue weighted by molar-refractivity contribution is 7.81. The summed E-state index contributed by atoms with van der Waals surface area (Å²) in [7, 11) is 0. The first-order valence-corrected chi connectivity index (χ1v) is 13.3. The largest absolute Gasteiger partial charge is 0.492 e. The molecule has 11 nitrogen and oxygen atoms in total. The minimum Gasteiger partial charge on any atom is -0.492 e. The number of piperidine rings is 1. The third-order valence-corrected chi connectivity index (χ3v) is 7.83. The van der Waals surface area contributed by atoms with Gasteiger partial charge in [0.15, 0.2) is 5.65 Å². The van der Waals surface area contributed by atoms with Gasteiger partial charge < -0.3 is 20.1 Å². The Kier molecular flexibility index (Phi) is 6.72. The normalized spacial score (nSPS) is 19.3. The van der Waals surface area contributed by atoms with Crippen molar-refractivity contribution in [3.63, 3.8) is 0 Å². The van der Waals surface area contributed by atoms with Gasteiger partial charge in [-0.05, 0) is 31.5 Å². The van der Waals surface area contributed by atoms with E-state index >= 15 is 0 Å². The van der Waals surface area contributed by atoms with Crippen LogP contribution in [0.25, 0.3) is 27.8 Å². The van der Waals surface area contributed by atoms with E-state index in [9.17, 15) is 14.3 Å². The number of hydrogen-bond donors (Lipinski definition) is 4. The fourth-order valence-corrected chi connectivity index (χ4v) is 5.39. The fourth-order valence-electron chi connectivity index (χ4n) is 4.86. The number of carbonyl (C=O) groups excluding carboxylic acids is 1. The highest BCUT2D eigenvalue weighted by atomic mass is 35.5. The lowest BCUT2D eigenvalue weighted by Crippen LogP contribution is -2.61. The lowest BCUT2D eigenvalue weighted by atomic mass is 10.00. The van der Waals surface area contributed by atoms with Crippen molar-refractivity contribution in [2.24, 2.45) is 0 Å². The van der Waals surface area contributed by atoms with Crippen LogP contribution >= 0.6 is 24.2 Å². The molecule has 1 fully saturated rings. The number of pyridine rings is 1. The molecule has 40 heavy (non-hydrogen) atoms. The van der Waals surface area contributed by atoms with E-state index in [1.54, 1.807) is 29.3 Å². The van der Waals surface area contributed by atoms with Crippen LogP contribution in [-0.4, -0.2) is 71.5 Å². The molecular weight excluding hydrogens is 559 g/mol. The van der Waals surface area contributed by atoms with Crippen LogP contribution in [0.2, 0.25) is 5.02 Å². The number of nitrogens with zero attached hydrogens (tertiary/aromatic N) is 6. The summed E-state index contributed by atoms with van der Waals surface area (Å²) in [4.78, 5) is 22.6. The number of β-amino-alcohol motifs (C(OH)–C–C–N with tert-alkyl or cyclic N) is 1. The van der Waals surface area contributed by atoms with Gasteiger partial charge in [0.1, 0.15) is 28.4 Å². The molecule has 4 aromatic heterocycles. The number of hydrogen-bond acceptors (Lipinski definition) is 9.